The minimum atomic E-state index is -1.60. The molecule has 0 saturated carbocycles. The van der Waals surface area contributed by atoms with E-state index in [9.17, 15) is 23.9 Å². The molecular formula is C16H18ClFN2O5. The second-order valence-corrected chi connectivity index (χ2v) is 6.47. The number of benzene rings is 1. The molecule has 136 valence electrons. The number of amides is 2. The first kappa shape index (κ1) is 19.1. The SMILES string of the molecule is COCC(C)(NC(=O)C1CC(=O)N(c2ccc(Cl)c(F)c2)C1)C(=O)O. The Balaban J connectivity index is 2.12. The summed E-state index contributed by atoms with van der Waals surface area (Å²) in [5.74, 6) is -3.60. The number of hydrogen-bond donors (Lipinski definition) is 2. The molecule has 2 rings (SSSR count). The van der Waals surface area contributed by atoms with Gasteiger partial charge in [-0.2, -0.15) is 0 Å². The standard InChI is InChI=1S/C16H18ClFN2O5/c1-16(8-25-2,15(23)24)19-14(22)9-5-13(21)20(7-9)10-3-4-11(17)12(18)6-10/h3-4,6,9H,5,7-8H2,1-2H3,(H,19,22)(H,23,24). The lowest BCUT2D eigenvalue weighted by molar-refractivity contribution is -0.149. The fourth-order valence-corrected chi connectivity index (χ4v) is 2.72. The molecule has 0 spiro atoms. The molecule has 1 aromatic carbocycles. The van der Waals surface area contributed by atoms with E-state index in [2.05, 4.69) is 5.32 Å². The molecule has 1 aliphatic heterocycles. The summed E-state index contributed by atoms with van der Waals surface area (Å²) in [5, 5.41) is 11.6. The number of carboxylic acids is 1. The van der Waals surface area contributed by atoms with Crippen molar-refractivity contribution in [2.24, 2.45) is 5.92 Å². The van der Waals surface area contributed by atoms with Crippen molar-refractivity contribution in [3.05, 3.63) is 29.0 Å². The Hall–Kier alpha value is -2.19. The van der Waals surface area contributed by atoms with E-state index in [1.165, 1.54) is 31.1 Å². The summed E-state index contributed by atoms with van der Waals surface area (Å²) in [4.78, 5) is 37.2. The normalized spacial score (nSPS) is 19.6. The molecule has 7 nitrogen and oxygen atoms in total. The summed E-state index contributed by atoms with van der Waals surface area (Å²) < 4.78 is 18.4. The zero-order valence-corrected chi connectivity index (χ0v) is 14.5. The molecule has 0 aromatic heterocycles. The van der Waals surface area contributed by atoms with Crippen molar-refractivity contribution >= 4 is 35.1 Å². The van der Waals surface area contributed by atoms with E-state index >= 15 is 0 Å². The van der Waals surface area contributed by atoms with Gasteiger partial charge in [0, 0.05) is 25.8 Å². The number of hydrogen-bond acceptors (Lipinski definition) is 4. The highest BCUT2D eigenvalue weighted by molar-refractivity contribution is 6.30. The third-order valence-electron chi connectivity index (χ3n) is 4.01. The van der Waals surface area contributed by atoms with Crippen LogP contribution in [-0.2, 0) is 19.1 Å². The van der Waals surface area contributed by atoms with Gasteiger partial charge in [-0.25, -0.2) is 9.18 Å². The lowest BCUT2D eigenvalue weighted by atomic mass is 10.0. The third kappa shape index (κ3) is 4.08. The predicted molar refractivity (Wildman–Crippen MR) is 87.9 cm³/mol. The van der Waals surface area contributed by atoms with Crippen LogP contribution in [0.2, 0.25) is 5.02 Å². The van der Waals surface area contributed by atoms with Gasteiger partial charge in [0.2, 0.25) is 11.8 Å². The Morgan fingerprint density at radius 1 is 1.52 bits per heavy atom. The van der Waals surface area contributed by atoms with Crippen molar-refractivity contribution in [1.82, 2.24) is 5.32 Å². The van der Waals surface area contributed by atoms with Gasteiger partial charge >= 0.3 is 5.97 Å². The maximum absolute atomic E-state index is 13.6. The van der Waals surface area contributed by atoms with Crippen molar-refractivity contribution in [2.75, 3.05) is 25.2 Å². The van der Waals surface area contributed by atoms with Gasteiger partial charge in [0.05, 0.1) is 17.5 Å². The number of nitrogens with zero attached hydrogens (tertiary/aromatic N) is 1. The molecule has 1 fully saturated rings. The minimum Gasteiger partial charge on any atom is -0.479 e. The lowest BCUT2D eigenvalue weighted by Gasteiger charge is -2.26. The molecule has 1 aromatic rings. The Labute approximate surface area is 148 Å². The number of ether oxygens (including phenoxy) is 1. The van der Waals surface area contributed by atoms with E-state index in [-0.39, 0.29) is 30.5 Å². The quantitative estimate of drug-likeness (QED) is 0.787. The Bertz CT molecular complexity index is 714. The van der Waals surface area contributed by atoms with Crippen LogP contribution in [0.3, 0.4) is 0 Å². The number of carbonyl (C=O) groups excluding carboxylic acids is 2. The van der Waals surface area contributed by atoms with Crippen LogP contribution in [0.25, 0.3) is 0 Å². The molecule has 25 heavy (non-hydrogen) atoms. The van der Waals surface area contributed by atoms with E-state index in [0.29, 0.717) is 5.69 Å². The van der Waals surface area contributed by atoms with Crippen LogP contribution in [0.5, 0.6) is 0 Å². The topological polar surface area (TPSA) is 95.9 Å². The molecule has 0 aliphatic carbocycles. The number of anilines is 1. The van der Waals surface area contributed by atoms with Gasteiger partial charge in [-0.15, -0.1) is 0 Å². The molecule has 0 bridgehead atoms. The summed E-state index contributed by atoms with van der Waals surface area (Å²) in [6.07, 6.45) is -0.0985. The van der Waals surface area contributed by atoms with Gasteiger partial charge in [0.1, 0.15) is 5.82 Å². The van der Waals surface area contributed by atoms with Gasteiger partial charge in [0.25, 0.3) is 0 Å². The molecule has 2 unspecified atom stereocenters. The van der Waals surface area contributed by atoms with Crippen LogP contribution in [-0.4, -0.2) is 48.7 Å². The Morgan fingerprint density at radius 2 is 2.20 bits per heavy atom. The molecule has 0 radical (unpaired) electrons. The van der Waals surface area contributed by atoms with Gasteiger partial charge in [-0.3, -0.25) is 9.59 Å². The van der Waals surface area contributed by atoms with Crippen molar-refractivity contribution < 1.29 is 28.6 Å². The van der Waals surface area contributed by atoms with Crippen LogP contribution in [0.15, 0.2) is 18.2 Å². The zero-order chi connectivity index (χ0) is 18.8. The second-order valence-electron chi connectivity index (χ2n) is 6.06. The van der Waals surface area contributed by atoms with E-state index in [0.717, 1.165) is 6.07 Å². The van der Waals surface area contributed by atoms with Crippen LogP contribution < -0.4 is 10.2 Å². The summed E-state index contributed by atoms with van der Waals surface area (Å²) in [6, 6.07) is 3.93. The maximum atomic E-state index is 13.6. The molecule has 1 aliphatic rings. The van der Waals surface area contributed by atoms with Crippen molar-refractivity contribution in [3.8, 4) is 0 Å². The van der Waals surface area contributed by atoms with Crippen molar-refractivity contribution in [2.45, 2.75) is 18.9 Å². The van der Waals surface area contributed by atoms with E-state index in [4.69, 9.17) is 16.3 Å². The first-order valence-corrected chi connectivity index (χ1v) is 7.85. The zero-order valence-electron chi connectivity index (χ0n) is 13.7. The fourth-order valence-electron chi connectivity index (χ4n) is 2.60. The highest BCUT2D eigenvalue weighted by Crippen LogP contribution is 2.28. The highest BCUT2D eigenvalue weighted by atomic mass is 35.5. The summed E-state index contributed by atoms with van der Waals surface area (Å²) >= 11 is 5.62. The number of rotatable bonds is 6. The van der Waals surface area contributed by atoms with E-state index < -0.39 is 29.2 Å². The predicted octanol–water partition coefficient (Wildman–Crippen LogP) is 1.44. The Morgan fingerprint density at radius 3 is 2.76 bits per heavy atom. The van der Waals surface area contributed by atoms with Gasteiger partial charge < -0.3 is 20.1 Å². The van der Waals surface area contributed by atoms with Crippen molar-refractivity contribution in [1.29, 1.82) is 0 Å². The first-order valence-electron chi connectivity index (χ1n) is 7.47. The van der Waals surface area contributed by atoms with Gasteiger partial charge in [0.15, 0.2) is 5.54 Å². The molecule has 1 saturated heterocycles. The number of methoxy groups -OCH3 is 1. The van der Waals surface area contributed by atoms with Gasteiger partial charge in [-0.05, 0) is 25.1 Å². The third-order valence-corrected chi connectivity index (χ3v) is 4.32. The van der Waals surface area contributed by atoms with Gasteiger partial charge in [-0.1, -0.05) is 11.6 Å². The van der Waals surface area contributed by atoms with Crippen LogP contribution >= 0.6 is 11.6 Å². The monoisotopic (exact) mass is 372 g/mol. The molecule has 2 N–H and O–H groups in total. The fraction of sp³-hybridized carbons (Fsp3) is 0.438. The molecular weight excluding hydrogens is 355 g/mol. The number of aliphatic carboxylic acids is 1. The minimum absolute atomic E-state index is 0.0222. The highest BCUT2D eigenvalue weighted by Gasteiger charge is 2.41. The van der Waals surface area contributed by atoms with Crippen LogP contribution in [0.1, 0.15) is 13.3 Å². The van der Waals surface area contributed by atoms with Crippen molar-refractivity contribution in [3.63, 3.8) is 0 Å². The second kappa shape index (κ2) is 7.37. The molecule has 1 heterocycles. The van der Waals surface area contributed by atoms with Crippen LogP contribution in [0.4, 0.5) is 10.1 Å². The largest absolute Gasteiger partial charge is 0.479 e. The number of carbonyl (C=O) groups is 3. The van der Waals surface area contributed by atoms with Crippen LogP contribution in [0, 0.1) is 11.7 Å². The summed E-state index contributed by atoms with van der Waals surface area (Å²) in [7, 11) is 1.32. The summed E-state index contributed by atoms with van der Waals surface area (Å²) in [5.41, 5.74) is -1.31. The van der Waals surface area contributed by atoms with E-state index in [1.54, 1.807) is 0 Å². The first-order chi connectivity index (χ1) is 11.7. The van der Waals surface area contributed by atoms with E-state index in [1.807, 2.05) is 0 Å². The molecule has 2 amide bonds. The number of nitrogens with one attached hydrogen (secondary N) is 1. The maximum Gasteiger partial charge on any atom is 0.331 e. The number of halogens is 2. The average molecular weight is 373 g/mol. The smallest absolute Gasteiger partial charge is 0.331 e. The summed E-state index contributed by atoms with van der Waals surface area (Å²) in [6.45, 7) is 1.12. The molecule has 2 atom stereocenters. The Kier molecular flexibility index (Phi) is 5.64. The lowest BCUT2D eigenvalue weighted by Crippen LogP contribution is -2.56. The molecule has 9 heteroatoms. The average Bonchev–Trinajstić information content (AvgIpc) is 2.92. The number of carboxylic acid groups (broad SMARTS) is 1.